The highest BCUT2D eigenvalue weighted by Crippen LogP contribution is 2.17. The molecule has 15 heavy (non-hydrogen) atoms. The van der Waals surface area contributed by atoms with Crippen molar-refractivity contribution >= 4 is 11.6 Å². The molecule has 0 spiro atoms. The second-order valence-corrected chi connectivity index (χ2v) is 3.47. The fourth-order valence-corrected chi connectivity index (χ4v) is 1.27. The summed E-state index contributed by atoms with van der Waals surface area (Å²) in [5, 5.41) is 0.580. The van der Waals surface area contributed by atoms with Gasteiger partial charge in [0.1, 0.15) is 0 Å². The molecule has 0 aromatic carbocycles. The first-order valence-corrected chi connectivity index (χ1v) is 5.25. The molecule has 82 valence electrons. The predicted molar refractivity (Wildman–Crippen MR) is 62.1 cm³/mol. The molecule has 0 saturated carbocycles. The van der Waals surface area contributed by atoms with Crippen molar-refractivity contribution in [3.05, 3.63) is 35.5 Å². The maximum atomic E-state index is 5.87. The van der Waals surface area contributed by atoms with Crippen molar-refractivity contribution in [3.8, 4) is 5.88 Å². The molecule has 0 atom stereocenters. The summed E-state index contributed by atoms with van der Waals surface area (Å²) in [5.41, 5.74) is 6.14. The Balaban J connectivity index is 2.50. The lowest BCUT2D eigenvalue weighted by Crippen LogP contribution is -2.04. The summed E-state index contributed by atoms with van der Waals surface area (Å²) in [5.74, 6) is 0.573. The number of ether oxygens (including phenoxy) is 1. The van der Waals surface area contributed by atoms with Crippen molar-refractivity contribution in [1.29, 1.82) is 0 Å². The molecule has 0 amide bonds. The van der Waals surface area contributed by atoms with Crippen molar-refractivity contribution < 1.29 is 4.74 Å². The van der Waals surface area contributed by atoms with Gasteiger partial charge in [0.2, 0.25) is 5.88 Å². The summed E-state index contributed by atoms with van der Waals surface area (Å²) in [6.45, 7) is 4.59. The zero-order chi connectivity index (χ0) is 11.1. The average Bonchev–Trinajstić information content (AvgIpc) is 2.26. The minimum Gasteiger partial charge on any atom is -0.478 e. The molecule has 0 radical (unpaired) electrons. The van der Waals surface area contributed by atoms with Crippen LogP contribution in [0.3, 0.4) is 0 Å². The number of aromatic nitrogens is 1. The van der Waals surface area contributed by atoms with Gasteiger partial charge in [-0.25, -0.2) is 4.98 Å². The Morgan fingerprint density at radius 3 is 3.00 bits per heavy atom. The zero-order valence-corrected chi connectivity index (χ0v) is 9.33. The molecule has 4 heteroatoms. The maximum absolute atomic E-state index is 5.87. The Kier molecular flexibility index (Phi) is 5.15. The maximum Gasteiger partial charge on any atom is 0.213 e. The first kappa shape index (κ1) is 12.0. The number of rotatable bonds is 6. The summed E-state index contributed by atoms with van der Waals surface area (Å²) < 4.78 is 5.43. The summed E-state index contributed by atoms with van der Waals surface area (Å²) in [6.07, 6.45) is 3.74. The van der Waals surface area contributed by atoms with E-state index in [9.17, 15) is 0 Å². The summed E-state index contributed by atoms with van der Waals surface area (Å²) in [4.78, 5) is 4.18. The molecular formula is C11H15ClN2O. The van der Waals surface area contributed by atoms with Gasteiger partial charge in [0.25, 0.3) is 0 Å². The van der Waals surface area contributed by atoms with Crippen LogP contribution in [-0.4, -0.2) is 11.6 Å². The summed E-state index contributed by atoms with van der Waals surface area (Å²) in [7, 11) is 0. The molecule has 0 fully saturated rings. The largest absolute Gasteiger partial charge is 0.478 e. The second kappa shape index (κ2) is 6.43. The Morgan fingerprint density at radius 1 is 1.53 bits per heavy atom. The number of nitrogens with zero attached hydrogens (tertiary/aromatic N) is 1. The fraction of sp³-hybridized carbons (Fsp3) is 0.364. The number of unbranched alkanes of at least 4 members (excludes halogenated alkanes) is 1. The molecule has 0 aliphatic heterocycles. The van der Waals surface area contributed by atoms with Crippen LogP contribution in [0.4, 0.5) is 0 Å². The van der Waals surface area contributed by atoms with Crippen LogP contribution in [0, 0.1) is 0 Å². The number of nitrogens with two attached hydrogens (primary N) is 1. The second-order valence-electron chi connectivity index (χ2n) is 3.06. The lowest BCUT2D eigenvalue weighted by atomic mass is 10.3. The number of hydrogen-bond acceptors (Lipinski definition) is 3. The Morgan fingerprint density at radius 2 is 2.33 bits per heavy atom. The summed E-state index contributed by atoms with van der Waals surface area (Å²) >= 11 is 5.87. The third kappa shape index (κ3) is 3.90. The van der Waals surface area contributed by atoms with Crippen LogP contribution in [-0.2, 0) is 6.54 Å². The van der Waals surface area contributed by atoms with E-state index < -0.39 is 0 Å². The monoisotopic (exact) mass is 226 g/mol. The zero-order valence-electron chi connectivity index (χ0n) is 8.58. The van der Waals surface area contributed by atoms with Crippen molar-refractivity contribution in [1.82, 2.24) is 4.98 Å². The van der Waals surface area contributed by atoms with Crippen molar-refractivity contribution in [2.45, 2.75) is 19.4 Å². The molecule has 0 bridgehead atoms. The van der Waals surface area contributed by atoms with Crippen LogP contribution < -0.4 is 10.5 Å². The fourth-order valence-electron chi connectivity index (χ4n) is 1.09. The van der Waals surface area contributed by atoms with Crippen molar-refractivity contribution in [3.63, 3.8) is 0 Å². The SMILES string of the molecule is C=CCCCOc1ccc(Cl)c(CN)n1. The normalized spacial score (nSPS) is 10.0. The van der Waals surface area contributed by atoms with Gasteiger partial charge in [0, 0.05) is 12.6 Å². The van der Waals surface area contributed by atoms with Gasteiger partial charge in [-0.2, -0.15) is 0 Å². The smallest absolute Gasteiger partial charge is 0.213 e. The third-order valence-corrected chi connectivity index (χ3v) is 2.23. The number of allylic oxidation sites excluding steroid dienone is 1. The van der Waals surface area contributed by atoms with Crippen LogP contribution >= 0.6 is 11.6 Å². The average molecular weight is 227 g/mol. The molecule has 1 heterocycles. The van der Waals surface area contributed by atoms with E-state index in [2.05, 4.69) is 11.6 Å². The van der Waals surface area contributed by atoms with Gasteiger partial charge in [0.05, 0.1) is 17.3 Å². The molecule has 1 rings (SSSR count). The van der Waals surface area contributed by atoms with Gasteiger partial charge in [-0.1, -0.05) is 17.7 Å². The number of pyridine rings is 1. The lowest BCUT2D eigenvalue weighted by Gasteiger charge is -2.06. The highest BCUT2D eigenvalue weighted by Gasteiger charge is 2.02. The molecule has 1 aromatic rings. The molecule has 3 nitrogen and oxygen atoms in total. The van der Waals surface area contributed by atoms with Gasteiger partial charge >= 0.3 is 0 Å². The van der Waals surface area contributed by atoms with E-state index in [1.807, 2.05) is 6.08 Å². The van der Waals surface area contributed by atoms with E-state index in [0.29, 0.717) is 29.7 Å². The van der Waals surface area contributed by atoms with Crippen LogP contribution in [0.15, 0.2) is 24.8 Å². The molecular weight excluding hydrogens is 212 g/mol. The quantitative estimate of drug-likeness (QED) is 0.599. The van der Waals surface area contributed by atoms with E-state index in [0.717, 1.165) is 12.8 Å². The first-order chi connectivity index (χ1) is 7.27. The van der Waals surface area contributed by atoms with Crippen molar-refractivity contribution in [2.24, 2.45) is 5.73 Å². The third-order valence-electron chi connectivity index (χ3n) is 1.89. The van der Waals surface area contributed by atoms with Crippen LogP contribution in [0.1, 0.15) is 18.5 Å². The predicted octanol–water partition coefficient (Wildman–Crippen LogP) is 2.54. The highest BCUT2D eigenvalue weighted by molar-refractivity contribution is 6.31. The Bertz CT molecular complexity index is 328. The van der Waals surface area contributed by atoms with E-state index in [1.165, 1.54) is 0 Å². The van der Waals surface area contributed by atoms with E-state index in [1.54, 1.807) is 12.1 Å². The molecule has 2 N–H and O–H groups in total. The van der Waals surface area contributed by atoms with E-state index >= 15 is 0 Å². The van der Waals surface area contributed by atoms with Crippen LogP contribution in [0.2, 0.25) is 5.02 Å². The van der Waals surface area contributed by atoms with Crippen LogP contribution in [0.25, 0.3) is 0 Å². The molecule has 0 aliphatic carbocycles. The summed E-state index contributed by atoms with van der Waals surface area (Å²) in [6, 6.07) is 3.50. The minimum absolute atomic E-state index is 0.322. The van der Waals surface area contributed by atoms with Gasteiger partial charge < -0.3 is 10.5 Å². The van der Waals surface area contributed by atoms with E-state index in [4.69, 9.17) is 22.1 Å². The number of hydrogen-bond donors (Lipinski definition) is 1. The van der Waals surface area contributed by atoms with Gasteiger partial charge in [-0.15, -0.1) is 6.58 Å². The minimum atomic E-state index is 0.322. The standard InChI is InChI=1S/C11H15ClN2O/c1-2-3-4-7-15-11-6-5-9(12)10(8-13)14-11/h2,5-6H,1,3-4,7-8,13H2. The number of halogens is 1. The molecule has 1 aromatic heterocycles. The molecule has 0 saturated heterocycles. The van der Waals surface area contributed by atoms with Gasteiger partial charge in [-0.3, -0.25) is 0 Å². The molecule has 0 aliphatic rings. The van der Waals surface area contributed by atoms with Crippen LogP contribution in [0.5, 0.6) is 5.88 Å². The highest BCUT2D eigenvalue weighted by atomic mass is 35.5. The van der Waals surface area contributed by atoms with E-state index in [-0.39, 0.29) is 0 Å². The lowest BCUT2D eigenvalue weighted by molar-refractivity contribution is 0.299. The van der Waals surface area contributed by atoms with Gasteiger partial charge in [0.15, 0.2) is 0 Å². The topological polar surface area (TPSA) is 48.1 Å². The van der Waals surface area contributed by atoms with Gasteiger partial charge in [-0.05, 0) is 18.9 Å². The Hall–Kier alpha value is -1.06. The first-order valence-electron chi connectivity index (χ1n) is 4.87. The molecule has 0 unspecified atom stereocenters. The van der Waals surface area contributed by atoms with Crippen molar-refractivity contribution in [2.75, 3.05) is 6.61 Å². The Labute approximate surface area is 94.9 Å².